The van der Waals surface area contributed by atoms with E-state index >= 15 is 0 Å². The van der Waals surface area contributed by atoms with Crippen molar-refractivity contribution in [2.24, 2.45) is 7.05 Å². The van der Waals surface area contributed by atoms with Gasteiger partial charge < -0.3 is 9.30 Å². The molecule has 0 aromatic carbocycles. The van der Waals surface area contributed by atoms with Gasteiger partial charge in [0.1, 0.15) is 0 Å². The lowest BCUT2D eigenvalue weighted by Crippen LogP contribution is -2.14. The summed E-state index contributed by atoms with van der Waals surface area (Å²) in [5.41, 5.74) is 2.54. The smallest absolute Gasteiger partial charge is 0.340 e. The molecule has 0 aliphatic rings. The van der Waals surface area contributed by atoms with Gasteiger partial charge in [0.2, 0.25) is 5.56 Å². The zero-order valence-corrected chi connectivity index (χ0v) is 11.0. The molecule has 5 heteroatoms. The van der Waals surface area contributed by atoms with Gasteiger partial charge in [-0.2, -0.15) is 0 Å². The lowest BCUT2D eigenvalue weighted by molar-refractivity contribution is 0.0601. The number of ether oxygens (including phenoxy) is 1. The number of methoxy groups -OCH3 is 1. The van der Waals surface area contributed by atoms with Crippen LogP contribution in [0.25, 0.3) is 11.1 Å². The van der Waals surface area contributed by atoms with Crippen LogP contribution in [0, 0.1) is 6.92 Å². The van der Waals surface area contributed by atoms with Gasteiger partial charge in [0.05, 0.1) is 12.7 Å². The minimum Gasteiger partial charge on any atom is -0.465 e. The molecule has 0 spiro atoms. The lowest BCUT2D eigenvalue weighted by Gasteiger charge is -2.09. The van der Waals surface area contributed by atoms with Crippen molar-refractivity contribution in [1.29, 1.82) is 0 Å². The van der Waals surface area contributed by atoms with E-state index in [9.17, 15) is 9.59 Å². The Kier molecular flexibility index (Phi) is 3.46. The third-order valence-electron chi connectivity index (χ3n) is 2.84. The van der Waals surface area contributed by atoms with E-state index in [-0.39, 0.29) is 5.56 Å². The van der Waals surface area contributed by atoms with Crippen LogP contribution >= 0.6 is 0 Å². The Morgan fingerprint density at radius 3 is 2.74 bits per heavy atom. The summed E-state index contributed by atoms with van der Waals surface area (Å²) in [6.45, 7) is 1.84. The Balaban J connectivity index is 2.65. The minimum atomic E-state index is -0.448. The molecule has 0 N–H and O–H groups in total. The van der Waals surface area contributed by atoms with Crippen molar-refractivity contribution >= 4 is 5.97 Å². The Morgan fingerprint density at radius 1 is 1.37 bits per heavy atom. The van der Waals surface area contributed by atoms with Crippen LogP contribution in [0.1, 0.15) is 16.1 Å². The van der Waals surface area contributed by atoms with Gasteiger partial charge in [0.15, 0.2) is 0 Å². The summed E-state index contributed by atoms with van der Waals surface area (Å²) in [5.74, 6) is -0.448. The summed E-state index contributed by atoms with van der Waals surface area (Å²) in [5, 5.41) is 0. The molecule has 19 heavy (non-hydrogen) atoms. The highest BCUT2D eigenvalue weighted by Crippen LogP contribution is 2.23. The van der Waals surface area contributed by atoms with E-state index in [0.717, 1.165) is 11.3 Å². The van der Waals surface area contributed by atoms with Crippen LogP contribution in [0.5, 0.6) is 0 Å². The first-order valence-corrected chi connectivity index (χ1v) is 5.75. The van der Waals surface area contributed by atoms with Gasteiger partial charge >= 0.3 is 5.97 Å². The highest BCUT2D eigenvalue weighted by molar-refractivity contribution is 5.96. The van der Waals surface area contributed by atoms with Crippen molar-refractivity contribution in [2.45, 2.75) is 6.92 Å². The van der Waals surface area contributed by atoms with Crippen molar-refractivity contribution < 1.29 is 9.53 Å². The van der Waals surface area contributed by atoms with E-state index in [1.165, 1.54) is 23.9 Å². The molecule has 0 fully saturated rings. The molecule has 5 nitrogen and oxygen atoms in total. The second kappa shape index (κ2) is 5.06. The SMILES string of the molecule is COC(=O)c1cnc(C)cc1-c1ccc(=O)n(C)c1. The fourth-order valence-corrected chi connectivity index (χ4v) is 1.82. The predicted octanol–water partition coefficient (Wildman–Crippen LogP) is 1.54. The molecular weight excluding hydrogens is 244 g/mol. The van der Waals surface area contributed by atoms with Crippen molar-refractivity contribution in [1.82, 2.24) is 9.55 Å². The number of pyridine rings is 2. The van der Waals surface area contributed by atoms with Crippen LogP contribution in [0.15, 0.2) is 35.4 Å². The third kappa shape index (κ3) is 2.54. The minimum absolute atomic E-state index is 0.103. The number of esters is 1. The Labute approximate surface area is 110 Å². The highest BCUT2D eigenvalue weighted by Gasteiger charge is 2.14. The largest absolute Gasteiger partial charge is 0.465 e. The maximum absolute atomic E-state index is 11.7. The van der Waals surface area contributed by atoms with E-state index < -0.39 is 5.97 Å². The zero-order valence-electron chi connectivity index (χ0n) is 11.0. The summed E-state index contributed by atoms with van der Waals surface area (Å²) in [6.07, 6.45) is 3.17. The van der Waals surface area contributed by atoms with Crippen molar-refractivity contribution in [3.63, 3.8) is 0 Å². The molecule has 0 radical (unpaired) electrons. The van der Waals surface area contributed by atoms with Crippen molar-refractivity contribution in [2.75, 3.05) is 7.11 Å². The summed E-state index contributed by atoms with van der Waals surface area (Å²) in [6, 6.07) is 4.95. The highest BCUT2D eigenvalue weighted by atomic mass is 16.5. The van der Waals surface area contributed by atoms with Crippen LogP contribution in [-0.4, -0.2) is 22.6 Å². The maximum Gasteiger partial charge on any atom is 0.340 e. The average molecular weight is 258 g/mol. The van der Waals surface area contributed by atoms with E-state index in [0.29, 0.717) is 11.1 Å². The molecule has 0 amide bonds. The van der Waals surface area contributed by atoms with Gasteiger partial charge in [-0.05, 0) is 24.6 Å². The van der Waals surface area contributed by atoms with Gasteiger partial charge in [0.25, 0.3) is 0 Å². The van der Waals surface area contributed by atoms with Gasteiger partial charge in [-0.3, -0.25) is 9.78 Å². The molecule has 2 heterocycles. The first-order valence-electron chi connectivity index (χ1n) is 5.75. The fraction of sp³-hybridized carbons (Fsp3) is 0.214. The van der Waals surface area contributed by atoms with Crippen LogP contribution < -0.4 is 5.56 Å². The molecular formula is C14H14N2O3. The quantitative estimate of drug-likeness (QED) is 0.767. The first-order chi connectivity index (χ1) is 9.02. The van der Waals surface area contributed by atoms with E-state index in [4.69, 9.17) is 4.74 Å². The van der Waals surface area contributed by atoms with Gasteiger partial charge in [0, 0.05) is 36.8 Å². The second-order valence-electron chi connectivity index (χ2n) is 4.23. The van der Waals surface area contributed by atoms with E-state index in [1.807, 2.05) is 6.92 Å². The summed E-state index contributed by atoms with van der Waals surface area (Å²) in [4.78, 5) is 27.2. The maximum atomic E-state index is 11.7. The number of aromatic nitrogens is 2. The molecule has 0 aliphatic carbocycles. The number of rotatable bonds is 2. The molecule has 0 unspecified atom stereocenters. The fourth-order valence-electron chi connectivity index (χ4n) is 1.82. The standard InChI is InChI=1S/C14H14N2O3/c1-9-6-11(12(7-15-9)14(18)19-3)10-4-5-13(17)16(2)8-10/h4-8H,1-3H3. The van der Waals surface area contributed by atoms with Gasteiger partial charge in [-0.1, -0.05) is 0 Å². The molecule has 2 aromatic heterocycles. The molecule has 0 bridgehead atoms. The topological polar surface area (TPSA) is 61.2 Å². The lowest BCUT2D eigenvalue weighted by atomic mass is 10.0. The van der Waals surface area contributed by atoms with Crippen molar-refractivity contribution in [3.8, 4) is 11.1 Å². The molecule has 2 rings (SSSR count). The third-order valence-corrected chi connectivity index (χ3v) is 2.84. The summed E-state index contributed by atoms with van der Waals surface area (Å²) < 4.78 is 6.21. The molecule has 0 saturated heterocycles. The Hall–Kier alpha value is -2.43. The van der Waals surface area contributed by atoms with Gasteiger partial charge in [-0.25, -0.2) is 4.79 Å². The number of aryl methyl sites for hydroxylation is 2. The molecule has 98 valence electrons. The molecule has 0 aliphatic heterocycles. The molecule has 2 aromatic rings. The first kappa shape index (κ1) is 13.0. The predicted molar refractivity (Wildman–Crippen MR) is 71.0 cm³/mol. The number of carbonyl (C=O) groups excluding carboxylic acids is 1. The number of hydrogen-bond acceptors (Lipinski definition) is 4. The summed E-state index contributed by atoms with van der Waals surface area (Å²) >= 11 is 0. The number of nitrogens with zero attached hydrogens (tertiary/aromatic N) is 2. The van der Waals surface area contributed by atoms with E-state index in [1.54, 1.807) is 25.4 Å². The van der Waals surface area contributed by atoms with Crippen LogP contribution in [-0.2, 0) is 11.8 Å². The van der Waals surface area contributed by atoms with Crippen molar-refractivity contribution in [3.05, 3.63) is 52.2 Å². The molecule has 0 atom stereocenters. The zero-order chi connectivity index (χ0) is 14.0. The normalized spacial score (nSPS) is 10.3. The van der Waals surface area contributed by atoms with Gasteiger partial charge in [-0.15, -0.1) is 0 Å². The summed E-state index contributed by atoms with van der Waals surface area (Å²) in [7, 11) is 2.99. The number of carbonyl (C=O) groups is 1. The Bertz CT molecular complexity index is 689. The monoisotopic (exact) mass is 258 g/mol. The van der Waals surface area contributed by atoms with Crippen LogP contribution in [0.4, 0.5) is 0 Å². The Morgan fingerprint density at radius 2 is 2.11 bits per heavy atom. The molecule has 0 saturated carbocycles. The van der Waals surface area contributed by atoms with Crippen LogP contribution in [0.2, 0.25) is 0 Å². The second-order valence-corrected chi connectivity index (χ2v) is 4.23. The van der Waals surface area contributed by atoms with Crippen LogP contribution in [0.3, 0.4) is 0 Å². The number of hydrogen-bond donors (Lipinski definition) is 0. The average Bonchev–Trinajstić information content (AvgIpc) is 2.41. The van der Waals surface area contributed by atoms with E-state index in [2.05, 4.69) is 4.98 Å².